The van der Waals surface area contributed by atoms with Crippen LogP contribution in [0, 0.1) is 0 Å². The van der Waals surface area contributed by atoms with Gasteiger partial charge in [0.05, 0.1) is 10.7 Å². The van der Waals surface area contributed by atoms with Crippen molar-refractivity contribution in [3.8, 4) is 11.3 Å². The van der Waals surface area contributed by atoms with Gasteiger partial charge in [-0.1, -0.05) is 37.6 Å². The molecule has 94 valence electrons. The topological polar surface area (TPSA) is 12.9 Å². The summed E-state index contributed by atoms with van der Waals surface area (Å²) in [6, 6.07) is 8.02. The van der Waals surface area contributed by atoms with E-state index in [1.807, 2.05) is 29.5 Å². The van der Waals surface area contributed by atoms with Crippen LogP contribution in [-0.2, 0) is 0 Å². The van der Waals surface area contributed by atoms with Gasteiger partial charge in [-0.2, -0.15) is 0 Å². The number of aromatic nitrogens is 1. The van der Waals surface area contributed by atoms with Crippen molar-refractivity contribution in [1.29, 1.82) is 0 Å². The van der Waals surface area contributed by atoms with E-state index in [-0.39, 0.29) is 0 Å². The van der Waals surface area contributed by atoms with Crippen LogP contribution in [0.3, 0.4) is 0 Å². The van der Waals surface area contributed by atoms with Gasteiger partial charge in [0.25, 0.3) is 0 Å². The SMILES string of the molecule is CC(C)c1sc(C2CC2)nc1-c1cccc(Cl)c1. The van der Waals surface area contributed by atoms with Gasteiger partial charge >= 0.3 is 0 Å². The van der Waals surface area contributed by atoms with Gasteiger partial charge in [-0.25, -0.2) is 4.98 Å². The highest BCUT2D eigenvalue weighted by Gasteiger charge is 2.29. The summed E-state index contributed by atoms with van der Waals surface area (Å²) in [5.41, 5.74) is 2.29. The van der Waals surface area contributed by atoms with Crippen LogP contribution in [0.15, 0.2) is 24.3 Å². The van der Waals surface area contributed by atoms with E-state index in [0.717, 1.165) is 22.2 Å². The first-order chi connectivity index (χ1) is 8.65. The van der Waals surface area contributed by atoms with Crippen molar-refractivity contribution < 1.29 is 0 Å². The van der Waals surface area contributed by atoms with Crippen LogP contribution in [0.25, 0.3) is 11.3 Å². The Kier molecular flexibility index (Phi) is 3.16. The Bertz CT molecular complexity index is 570. The van der Waals surface area contributed by atoms with Gasteiger partial charge in [0.15, 0.2) is 0 Å². The van der Waals surface area contributed by atoms with Crippen LogP contribution in [0.2, 0.25) is 5.02 Å². The predicted octanol–water partition coefficient (Wildman–Crippen LogP) is 5.46. The van der Waals surface area contributed by atoms with Crippen LogP contribution in [0.5, 0.6) is 0 Å². The minimum Gasteiger partial charge on any atom is -0.241 e. The lowest BCUT2D eigenvalue weighted by molar-refractivity contribution is 0.887. The molecule has 0 saturated heterocycles. The highest BCUT2D eigenvalue weighted by atomic mass is 35.5. The van der Waals surface area contributed by atoms with Crippen molar-refractivity contribution in [2.24, 2.45) is 0 Å². The minimum absolute atomic E-state index is 0.518. The van der Waals surface area contributed by atoms with Crippen LogP contribution in [0.4, 0.5) is 0 Å². The Morgan fingerprint density at radius 3 is 2.72 bits per heavy atom. The molecule has 1 saturated carbocycles. The summed E-state index contributed by atoms with van der Waals surface area (Å²) in [6.45, 7) is 4.47. The smallest absolute Gasteiger partial charge is 0.0966 e. The molecule has 0 N–H and O–H groups in total. The number of hydrogen-bond donors (Lipinski definition) is 0. The summed E-state index contributed by atoms with van der Waals surface area (Å²) in [5.74, 6) is 1.24. The molecule has 3 rings (SSSR count). The van der Waals surface area contributed by atoms with Gasteiger partial charge < -0.3 is 0 Å². The predicted molar refractivity (Wildman–Crippen MR) is 78.6 cm³/mol. The lowest BCUT2D eigenvalue weighted by Gasteiger charge is -2.05. The summed E-state index contributed by atoms with van der Waals surface area (Å²) >= 11 is 7.97. The maximum absolute atomic E-state index is 6.08. The molecule has 1 aliphatic carbocycles. The highest BCUT2D eigenvalue weighted by Crippen LogP contribution is 2.45. The van der Waals surface area contributed by atoms with E-state index >= 15 is 0 Å². The minimum atomic E-state index is 0.518. The van der Waals surface area contributed by atoms with E-state index < -0.39 is 0 Å². The summed E-state index contributed by atoms with van der Waals surface area (Å²) < 4.78 is 0. The maximum Gasteiger partial charge on any atom is 0.0966 e. The third kappa shape index (κ3) is 2.32. The quantitative estimate of drug-likeness (QED) is 0.725. The van der Waals surface area contributed by atoms with Crippen molar-refractivity contribution in [2.45, 2.75) is 38.5 Å². The van der Waals surface area contributed by atoms with Gasteiger partial charge in [-0.05, 0) is 30.9 Å². The zero-order chi connectivity index (χ0) is 12.7. The molecule has 1 aliphatic rings. The largest absolute Gasteiger partial charge is 0.241 e. The average molecular weight is 278 g/mol. The molecule has 0 unspecified atom stereocenters. The first kappa shape index (κ1) is 12.2. The molecule has 0 atom stereocenters. The van der Waals surface area contributed by atoms with Gasteiger partial charge in [0, 0.05) is 21.4 Å². The Morgan fingerprint density at radius 1 is 1.33 bits per heavy atom. The Balaban J connectivity index is 2.08. The van der Waals surface area contributed by atoms with Crippen molar-refractivity contribution in [2.75, 3.05) is 0 Å². The molecule has 0 spiro atoms. The van der Waals surface area contributed by atoms with Crippen LogP contribution < -0.4 is 0 Å². The molecule has 3 heteroatoms. The monoisotopic (exact) mass is 277 g/mol. The summed E-state index contributed by atoms with van der Waals surface area (Å²) in [5, 5.41) is 2.09. The van der Waals surface area contributed by atoms with Gasteiger partial charge in [0.1, 0.15) is 0 Å². The molecular formula is C15H16ClNS. The van der Waals surface area contributed by atoms with Crippen LogP contribution in [0.1, 0.15) is 48.4 Å². The molecule has 2 aromatic rings. The number of halogens is 1. The number of hydrogen-bond acceptors (Lipinski definition) is 2. The van der Waals surface area contributed by atoms with Crippen molar-refractivity contribution in [3.63, 3.8) is 0 Å². The summed E-state index contributed by atoms with van der Waals surface area (Å²) in [6.07, 6.45) is 2.61. The van der Waals surface area contributed by atoms with Gasteiger partial charge in [0.2, 0.25) is 0 Å². The number of thiazole rings is 1. The normalized spacial score (nSPS) is 15.3. The molecule has 1 aromatic carbocycles. The second-order valence-electron chi connectivity index (χ2n) is 5.20. The lowest BCUT2D eigenvalue weighted by Crippen LogP contribution is -1.88. The number of rotatable bonds is 3. The molecule has 0 amide bonds. The molecule has 1 fully saturated rings. The third-order valence-electron chi connectivity index (χ3n) is 3.22. The molecule has 0 radical (unpaired) electrons. The van der Waals surface area contributed by atoms with Crippen molar-refractivity contribution >= 4 is 22.9 Å². The standard InChI is InChI=1S/C15H16ClNS/c1-9(2)14-13(11-4-3-5-12(16)8-11)17-15(18-14)10-6-7-10/h3-5,8-10H,6-7H2,1-2H3. The van der Waals surface area contributed by atoms with E-state index in [9.17, 15) is 0 Å². The zero-order valence-electron chi connectivity index (χ0n) is 10.6. The van der Waals surface area contributed by atoms with Gasteiger partial charge in [-0.15, -0.1) is 11.3 Å². The first-order valence-corrected chi connectivity index (χ1v) is 7.61. The lowest BCUT2D eigenvalue weighted by atomic mass is 10.1. The average Bonchev–Trinajstić information content (AvgIpc) is 3.08. The van der Waals surface area contributed by atoms with Crippen molar-refractivity contribution in [1.82, 2.24) is 4.98 Å². The highest BCUT2D eigenvalue weighted by molar-refractivity contribution is 7.12. The molecule has 1 heterocycles. The van der Waals surface area contributed by atoms with Crippen molar-refractivity contribution in [3.05, 3.63) is 39.2 Å². The van der Waals surface area contributed by atoms with E-state index in [1.165, 1.54) is 22.7 Å². The second kappa shape index (κ2) is 4.67. The fourth-order valence-electron chi connectivity index (χ4n) is 2.09. The van der Waals surface area contributed by atoms with Crippen LogP contribution in [-0.4, -0.2) is 4.98 Å². The van der Waals surface area contributed by atoms with E-state index in [0.29, 0.717) is 5.92 Å². The molecular weight excluding hydrogens is 262 g/mol. The second-order valence-corrected chi connectivity index (χ2v) is 6.70. The first-order valence-electron chi connectivity index (χ1n) is 6.41. The number of benzene rings is 1. The Labute approximate surface area is 117 Å². The molecule has 1 nitrogen and oxygen atoms in total. The molecule has 0 bridgehead atoms. The maximum atomic E-state index is 6.08. The molecule has 0 aliphatic heterocycles. The van der Waals surface area contributed by atoms with E-state index in [2.05, 4.69) is 19.9 Å². The Morgan fingerprint density at radius 2 is 2.11 bits per heavy atom. The summed E-state index contributed by atoms with van der Waals surface area (Å²) in [4.78, 5) is 6.25. The number of nitrogens with zero attached hydrogens (tertiary/aromatic N) is 1. The third-order valence-corrected chi connectivity index (χ3v) is 4.97. The summed E-state index contributed by atoms with van der Waals surface area (Å²) in [7, 11) is 0. The van der Waals surface area contributed by atoms with E-state index in [4.69, 9.17) is 16.6 Å². The molecule has 1 aromatic heterocycles. The van der Waals surface area contributed by atoms with Crippen LogP contribution >= 0.6 is 22.9 Å². The molecule has 18 heavy (non-hydrogen) atoms. The van der Waals surface area contributed by atoms with Gasteiger partial charge in [-0.3, -0.25) is 0 Å². The fraction of sp³-hybridized carbons (Fsp3) is 0.400. The zero-order valence-corrected chi connectivity index (χ0v) is 12.2. The Hall–Kier alpha value is -0.860. The fourth-order valence-corrected chi connectivity index (χ4v) is 3.54. The van der Waals surface area contributed by atoms with E-state index in [1.54, 1.807) is 0 Å².